The summed E-state index contributed by atoms with van der Waals surface area (Å²) >= 11 is 1.38. The maximum Gasteiger partial charge on any atom is 0.264 e. The third-order valence-electron chi connectivity index (χ3n) is 5.18. The van der Waals surface area contributed by atoms with Crippen molar-refractivity contribution in [3.8, 4) is 0 Å². The molecule has 1 aliphatic heterocycles. The van der Waals surface area contributed by atoms with Crippen molar-refractivity contribution in [2.24, 2.45) is 0 Å². The molecule has 0 aliphatic carbocycles. The van der Waals surface area contributed by atoms with Crippen LogP contribution in [0, 0.1) is 0 Å². The molecule has 10 heteroatoms. The Morgan fingerprint density at radius 2 is 1.87 bits per heavy atom. The van der Waals surface area contributed by atoms with Crippen molar-refractivity contribution < 1.29 is 14.4 Å². The van der Waals surface area contributed by atoms with Crippen LogP contribution in [0.4, 0.5) is 11.4 Å². The van der Waals surface area contributed by atoms with E-state index in [1.54, 1.807) is 42.2 Å². The highest BCUT2D eigenvalue weighted by Gasteiger charge is 2.34. The Hall–Kier alpha value is -3.53. The molecule has 160 valence electrons. The van der Waals surface area contributed by atoms with Crippen molar-refractivity contribution in [3.05, 3.63) is 59.3 Å². The van der Waals surface area contributed by atoms with Gasteiger partial charge in [0.2, 0.25) is 11.8 Å². The summed E-state index contributed by atoms with van der Waals surface area (Å²) in [5.41, 5.74) is 1.20. The number of aromatic nitrogens is 3. The van der Waals surface area contributed by atoms with Gasteiger partial charge in [-0.3, -0.25) is 14.4 Å². The largest absolute Gasteiger partial charge is 0.326 e. The number of rotatable bonds is 6. The molecule has 1 saturated heterocycles. The van der Waals surface area contributed by atoms with Crippen LogP contribution in [0.5, 0.6) is 0 Å². The van der Waals surface area contributed by atoms with Crippen LogP contribution in [0.15, 0.2) is 54.4 Å². The van der Waals surface area contributed by atoms with E-state index in [9.17, 15) is 14.4 Å². The number of likely N-dealkylation sites (tertiary alicyclic amines) is 1. The van der Waals surface area contributed by atoms with Crippen LogP contribution in [0.1, 0.15) is 35.5 Å². The summed E-state index contributed by atoms with van der Waals surface area (Å²) < 4.78 is 1.47. The van der Waals surface area contributed by atoms with E-state index in [2.05, 4.69) is 20.7 Å². The molecule has 1 unspecified atom stereocenters. The number of benzene rings is 1. The molecular weight excluding hydrogens is 416 g/mol. The Kier molecular flexibility index (Phi) is 6.08. The zero-order valence-electron chi connectivity index (χ0n) is 16.9. The second-order valence-electron chi connectivity index (χ2n) is 7.24. The van der Waals surface area contributed by atoms with Crippen LogP contribution in [-0.2, 0) is 9.59 Å². The van der Waals surface area contributed by atoms with Gasteiger partial charge in [-0.1, -0.05) is 6.07 Å². The molecule has 1 aromatic carbocycles. The molecule has 3 aromatic rings. The smallest absolute Gasteiger partial charge is 0.264 e. The van der Waals surface area contributed by atoms with Crippen molar-refractivity contribution in [3.63, 3.8) is 0 Å². The average molecular weight is 439 g/mol. The average Bonchev–Trinajstić information content (AvgIpc) is 3.56. The van der Waals surface area contributed by atoms with E-state index in [0.29, 0.717) is 29.2 Å². The SMILES string of the molecule is CC(C(=O)Nc1ccc(NC(=O)[C@@H]2CCCN2C(=O)c2cccs2)cc1)n1cncn1. The Labute approximate surface area is 183 Å². The highest BCUT2D eigenvalue weighted by Crippen LogP contribution is 2.24. The second-order valence-corrected chi connectivity index (χ2v) is 8.19. The number of carbonyl (C=O) groups is 3. The summed E-state index contributed by atoms with van der Waals surface area (Å²) in [5.74, 6) is -0.540. The van der Waals surface area contributed by atoms with Crippen molar-refractivity contribution in [2.45, 2.75) is 31.8 Å². The fraction of sp³-hybridized carbons (Fsp3) is 0.286. The number of hydrogen-bond donors (Lipinski definition) is 2. The van der Waals surface area contributed by atoms with Crippen molar-refractivity contribution in [1.82, 2.24) is 19.7 Å². The number of nitrogens with one attached hydrogen (secondary N) is 2. The Morgan fingerprint density at radius 3 is 2.52 bits per heavy atom. The molecule has 4 rings (SSSR count). The van der Waals surface area contributed by atoms with Gasteiger partial charge < -0.3 is 15.5 Å². The molecule has 2 aromatic heterocycles. The van der Waals surface area contributed by atoms with Crippen LogP contribution < -0.4 is 10.6 Å². The minimum Gasteiger partial charge on any atom is -0.326 e. The van der Waals surface area contributed by atoms with Gasteiger partial charge in [0.15, 0.2) is 0 Å². The minimum atomic E-state index is -0.504. The fourth-order valence-corrected chi connectivity index (χ4v) is 4.15. The number of amides is 3. The summed E-state index contributed by atoms with van der Waals surface area (Å²) in [5, 5.41) is 11.5. The standard InChI is InChI=1S/C21H22N6O3S/c1-14(27-13-22-12-23-27)19(28)24-15-6-8-16(9-7-15)25-20(29)17-4-2-10-26(17)21(30)18-5-3-11-31-18/h3,5-9,11-14,17H,2,4,10H2,1H3,(H,24,28)(H,25,29)/t14?,17-/m0/s1. The number of thiophene rings is 1. The molecule has 3 amide bonds. The normalized spacial score (nSPS) is 16.7. The summed E-state index contributed by atoms with van der Waals surface area (Å²) in [7, 11) is 0. The maximum atomic E-state index is 12.8. The third-order valence-corrected chi connectivity index (χ3v) is 6.04. The first kappa shape index (κ1) is 20.7. The van der Waals surface area contributed by atoms with E-state index in [4.69, 9.17) is 0 Å². The molecule has 0 saturated carbocycles. The molecule has 2 atom stereocenters. The molecular formula is C21H22N6O3S. The van der Waals surface area contributed by atoms with Gasteiger partial charge in [-0.15, -0.1) is 11.3 Å². The van der Waals surface area contributed by atoms with E-state index in [-0.39, 0.29) is 17.7 Å². The molecule has 9 nitrogen and oxygen atoms in total. The van der Waals surface area contributed by atoms with E-state index in [0.717, 1.165) is 6.42 Å². The van der Waals surface area contributed by atoms with Crippen LogP contribution in [-0.4, -0.2) is 50.0 Å². The molecule has 0 radical (unpaired) electrons. The zero-order chi connectivity index (χ0) is 21.8. The highest BCUT2D eigenvalue weighted by atomic mass is 32.1. The zero-order valence-corrected chi connectivity index (χ0v) is 17.7. The van der Waals surface area contributed by atoms with Crippen molar-refractivity contribution >= 4 is 40.4 Å². The van der Waals surface area contributed by atoms with Crippen LogP contribution in [0.3, 0.4) is 0 Å². The van der Waals surface area contributed by atoms with Crippen LogP contribution in [0.2, 0.25) is 0 Å². The minimum absolute atomic E-state index is 0.104. The first-order valence-electron chi connectivity index (χ1n) is 9.93. The topological polar surface area (TPSA) is 109 Å². The number of nitrogens with zero attached hydrogens (tertiary/aromatic N) is 4. The maximum absolute atomic E-state index is 12.8. The fourth-order valence-electron chi connectivity index (χ4n) is 3.47. The Morgan fingerprint density at radius 1 is 1.13 bits per heavy atom. The van der Waals surface area contributed by atoms with Crippen LogP contribution >= 0.6 is 11.3 Å². The quantitative estimate of drug-likeness (QED) is 0.615. The number of carbonyl (C=O) groups excluding carboxylic acids is 3. The van der Waals surface area contributed by atoms with Gasteiger partial charge >= 0.3 is 0 Å². The highest BCUT2D eigenvalue weighted by molar-refractivity contribution is 7.12. The summed E-state index contributed by atoms with van der Waals surface area (Å²) in [6.45, 7) is 2.30. The van der Waals surface area contributed by atoms with E-state index in [1.165, 1.54) is 28.7 Å². The molecule has 0 spiro atoms. The molecule has 3 heterocycles. The lowest BCUT2D eigenvalue weighted by Crippen LogP contribution is -2.42. The monoisotopic (exact) mass is 438 g/mol. The van der Waals surface area contributed by atoms with Gasteiger partial charge in [0.1, 0.15) is 24.7 Å². The van der Waals surface area contributed by atoms with Gasteiger partial charge in [-0.2, -0.15) is 5.10 Å². The molecule has 31 heavy (non-hydrogen) atoms. The lowest BCUT2D eigenvalue weighted by Gasteiger charge is -2.23. The molecule has 1 fully saturated rings. The number of hydrogen-bond acceptors (Lipinski definition) is 6. The molecule has 1 aliphatic rings. The van der Waals surface area contributed by atoms with Crippen LogP contribution in [0.25, 0.3) is 0 Å². The lowest BCUT2D eigenvalue weighted by molar-refractivity contribution is -0.120. The molecule has 0 bridgehead atoms. The van der Waals surface area contributed by atoms with Gasteiger partial charge in [0.05, 0.1) is 4.88 Å². The van der Waals surface area contributed by atoms with E-state index < -0.39 is 12.1 Å². The summed E-state index contributed by atoms with van der Waals surface area (Å²) in [6.07, 6.45) is 4.29. The summed E-state index contributed by atoms with van der Waals surface area (Å²) in [4.78, 5) is 43.9. The first-order chi connectivity index (χ1) is 15.0. The Bertz CT molecular complexity index is 1050. The van der Waals surface area contributed by atoms with E-state index >= 15 is 0 Å². The lowest BCUT2D eigenvalue weighted by atomic mass is 10.2. The summed E-state index contributed by atoms with van der Waals surface area (Å²) in [6, 6.07) is 9.47. The predicted molar refractivity (Wildman–Crippen MR) is 117 cm³/mol. The van der Waals surface area contributed by atoms with E-state index in [1.807, 2.05) is 11.4 Å². The third kappa shape index (κ3) is 4.64. The van der Waals surface area contributed by atoms with Crippen molar-refractivity contribution in [1.29, 1.82) is 0 Å². The molecule has 2 N–H and O–H groups in total. The van der Waals surface area contributed by atoms with Gasteiger partial charge in [0.25, 0.3) is 5.91 Å². The second kappa shape index (κ2) is 9.09. The number of anilines is 2. The Balaban J connectivity index is 1.35. The predicted octanol–water partition coefficient (Wildman–Crippen LogP) is 2.78. The van der Waals surface area contributed by atoms with Gasteiger partial charge in [-0.25, -0.2) is 9.67 Å². The first-order valence-corrected chi connectivity index (χ1v) is 10.8. The van der Waals surface area contributed by atoms with Crippen molar-refractivity contribution in [2.75, 3.05) is 17.2 Å². The van der Waals surface area contributed by atoms with Gasteiger partial charge in [-0.05, 0) is 55.5 Å². The van der Waals surface area contributed by atoms with Gasteiger partial charge in [0, 0.05) is 17.9 Å².